The average Bonchev–Trinajstić information content (AvgIpc) is 2.32. The number of Topliss-reactive ketones (excluding diaryl/α,β-unsaturated/α-hetero) is 2. The SMILES string of the molecule is O=C1CCC(C=Cc2ccccc2)CC1=O. The Labute approximate surface area is 95.0 Å². The van der Waals surface area contributed by atoms with Gasteiger partial charge in [-0.3, -0.25) is 9.59 Å². The predicted octanol–water partition coefficient (Wildman–Crippen LogP) is 2.64. The summed E-state index contributed by atoms with van der Waals surface area (Å²) in [6.45, 7) is 0. The zero-order valence-corrected chi connectivity index (χ0v) is 9.06. The molecule has 1 aromatic carbocycles. The number of hydrogen-bond acceptors (Lipinski definition) is 2. The van der Waals surface area contributed by atoms with Gasteiger partial charge in [-0.1, -0.05) is 42.5 Å². The Morgan fingerprint density at radius 1 is 1.06 bits per heavy atom. The van der Waals surface area contributed by atoms with Crippen molar-refractivity contribution in [3.05, 3.63) is 42.0 Å². The highest BCUT2D eigenvalue weighted by Gasteiger charge is 2.24. The van der Waals surface area contributed by atoms with Crippen LogP contribution >= 0.6 is 0 Å². The summed E-state index contributed by atoms with van der Waals surface area (Å²) in [5.41, 5.74) is 1.13. The molecule has 0 heterocycles. The second kappa shape index (κ2) is 4.88. The number of ketones is 2. The Bertz CT molecular complexity index is 418. The first-order valence-corrected chi connectivity index (χ1v) is 5.55. The first-order valence-electron chi connectivity index (χ1n) is 5.55. The van der Waals surface area contributed by atoms with Crippen molar-refractivity contribution in [2.24, 2.45) is 5.92 Å². The molecular weight excluding hydrogens is 200 g/mol. The summed E-state index contributed by atoms with van der Waals surface area (Å²) in [5, 5.41) is 0. The summed E-state index contributed by atoms with van der Waals surface area (Å²) < 4.78 is 0. The highest BCUT2D eigenvalue weighted by atomic mass is 16.2. The van der Waals surface area contributed by atoms with E-state index in [1.807, 2.05) is 42.5 Å². The number of benzene rings is 1. The first-order chi connectivity index (χ1) is 7.75. The standard InChI is InChI=1S/C14H14O2/c15-13-9-8-12(10-14(13)16)7-6-11-4-2-1-3-5-11/h1-7,12H,8-10H2. The van der Waals surface area contributed by atoms with Gasteiger partial charge in [-0.15, -0.1) is 0 Å². The van der Waals surface area contributed by atoms with Crippen LogP contribution in [0.2, 0.25) is 0 Å². The van der Waals surface area contributed by atoms with Gasteiger partial charge in [0, 0.05) is 12.8 Å². The Balaban J connectivity index is 1.98. The lowest BCUT2D eigenvalue weighted by Gasteiger charge is -2.15. The molecule has 0 bridgehead atoms. The summed E-state index contributed by atoms with van der Waals surface area (Å²) in [7, 11) is 0. The summed E-state index contributed by atoms with van der Waals surface area (Å²) in [6.07, 6.45) is 5.64. The summed E-state index contributed by atoms with van der Waals surface area (Å²) >= 11 is 0. The Kier molecular flexibility index (Phi) is 3.30. The molecule has 16 heavy (non-hydrogen) atoms. The van der Waals surface area contributed by atoms with Crippen molar-refractivity contribution in [3.63, 3.8) is 0 Å². The van der Waals surface area contributed by atoms with Gasteiger partial charge in [-0.2, -0.15) is 0 Å². The van der Waals surface area contributed by atoms with Crippen molar-refractivity contribution in [2.45, 2.75) is 19.3 Å². The normalized spacial score (nSPS) is 21.6. The largest absolute Gasteiger partial charge is 0.291 e. The monoisotopic (exact) mass is 214 g/mol. The molecule has 1 aliphatic carbocycles. The second-order valence-corrected chi connectivity index (χ2v) is 4.12. The van der Waals surface area contributed by atoms with Crippen LogP contribution in [0.1, 0.15) is 24.8 Å². The third kappa shape index (κ3) is 2.66. The molecule has 0 amide bonds. The average molecular weight is 214 g/mol. The molecule has 0 aromatic heterocycles. The summed E-state index contributed by atoms with van der Waals surface area (Å²) in [6, 6.07) is 9.98. The van der Waals surface area contributed by atoms with Crippen molar-refractivity contribution in [2.75, 3.05) is 0 Å². The molecular formula is C14H14O2. The Morgan fingerprint density at radius 2 is 1.81 bits per heavy atom. The maximum atomic E-state index is 11.2. The van der Waals surface area contributed by atoms with Crippen LogP contribution in [0.15, 0.2) is 36.4 Å². The molecule has 1 aliphatic rings. The molecule has 0 aliphatic heterocycles. The van der Waals surface area contributed by atoms with Gasteiger partial charge in [0.25, 0.3) is 0 Å². The number of rotatable bonds is 2. The van der Waals surface area contributed by atoms with Crippen molar-refractivity contribution >= 4 is 17.6 Å². The van der Waals surface area contributed by atoms with Crippen LogP contribution in [-0.4, -0.2) is 11.6 Å². The quantitative estimate of drug-likeness (QED) is 0.709. The van der Waals surface area contributed by atoms with Crippen molar-refractivity contribution < 1.29 is 9.59 Å². The van der Waals surface area contributed by atoms with E-state index in [-0.39, 0.29) is 17.5 Å². The highest BCUT2D eigenvalue weighted by molar-refractivity contribution is 6.37. The van der Waals surface area contributed by atoms with E-state index in [0.29, 0.717) is 12.8 Å². The van der Waals surface area contributed by atoms with Crippen molar-refractivity contribution in [1.82, 2.24) is 0 Å². The third-order valence-corrected chi connectivity index (χ3v) is 2.86. The number of hydrogen-bond donors (Lipinski definition) is 0. The third-order valence-electron chi connectivity index (χ3n) is 2.86. The fourth-order valence-corrected chi connectivity index (χ4v) is 1.89. The molecule has 1 aromatic rings. The fourth-order valence-electron chi connectivity index (χ4n) is 1.89. The molecule has 2 heteroatoms. The predicted molar refractivity (Wildman–Crippen MR) is 62.8 cm³/mol. The molecule has 2 nitrogen and oxygen atoms in total. The van der Waals surface area contributed by atoms with Gasteiger partial charge in [-0.05, 0) is 17.9 Å². The molecule has 1 unspecified atom stereocenters. The Hall–Kier alpha value is -1.70. The lowest BCUT2D eigenvalue weighted by molar-refractivity contribution is -0.138. The maximum absolute atomic E-state index is 11.2. The topological polar surface area (TPSA) is 34.1 Å². The minimum absolute atomic E-state index is 0.204. The van der Waals surface area contributed by atoms with Crippen molar-refractivity contribution in [3.8, 4) is 0 Å². The van der Waals surface area contributed by atoms with Crippen LogP contribution in [0.5, 0.6) is 0 Å². The molecule has 0 saturated heterocycles. The lowest BCUT2D eigenvalue weighted by atomic mass is 9.87. The van der Waals surface area contributed by atoms with Crippen LogP contribution in [0.25, 0.3) is 6.08 Å². The minimum atomic E-state index is -0.214. The molecule has 1 fully saturated rings. The molecule has 0 N–H and O–H groups in total. The number of allylic oxidation sites excluding steroid dienone is 1. The van der Waals surface area contributed by atoms with Crippen LogP contribution in [0.4, 0.5) is 0 Å². The van der Waals surface area contributed by atoms with E-state index in [0.717, 1.165) is 12.0 Å². The molecule has 2 rings (SSSR count). The lowest BCUT2D eigenvalue weighted by Crippen LogP contribution is -2.23. The summed E-state index contributed by atoms with van der Waals surface area (Å²) in [4.78, 5) is 22.3. The van der Waals surface area contributed by atoms with E-state index < -0.39 is 0 Å². The molecule has 0 spiro atoms. The molecule has 82 valence electrons. The molecule has 0 radical (unpaired) electrons. The maximum Gasteiger partial charge on any atom is 0.198 e. The molecule has 1 atom stereocenters. The van der Waals surface area contributed by atoms with Crippen LogP contribution in [0, 0.1) is 5.92 Å². The van der Waals surface area contributed by atoms with Crippen LogP contribution < -0.4 is 0 Å². The minimum Gasteiger partial charge on any atom is -0.291 e. The first kappa shape index (κ1) is 10.8. The highest BCUT2D eigenvalue weighted by Crippen LogP contribution is 2.21. The second-order valence-electron chi connectivity index (χ2n) is 4.12. The van der Waals surface area contributed by atoms with E-state index in [4.69, 9.17) is 0 Å². The number of carbonyl (C=O) groups excluding carboxylic acids is 2. The van der Waals surface area contributed by atoms with E-state index in [1.165, 1.54) is 0 Å². The fraction of sp³-hybridized carbons (Fsp3) is 0.286. The van der Waals surface area contributed by atoms with Crippen molar-refractivity contribution in [1.29, 1.82) is 0 Å². The van der Waals surface area contributed by atoms with Crippen LogP contribution in [-0.2, 0) is 9.59 Å². The Morgan fingerprint density at radius 3 is 2.50 bits per heavy atom. The number of carbonyl (C=O) groups is 2. The van der Waals surface area contributed by atoms with Gasteiger partial charge < -0.3 is 0 Å². The zero-order chi connectivity index (χ0) is 11.4. The van der Waals surface area contributed by atoms with E-state index in [9.17, 15) is 9.59 Å². The smallest absolute Gasteiger partial charge is 0.198 e. The zero-order valence-electron chi connectivity index (χ0n) is 9.06. The van der Waals surface area contributed by atoms with E-state index in [2.05, 4.69) is 0 Å². The van der Waals surface area contributed by atoms with Gasteiger partial charge >= 0.3 is 0 Å². The van der Waals surface area contributed by atoms with E-state index in [1.54, 1.807) is 0 Å². The molecule has 1 saturated carbocycles. The van der Waals surface area contributed by atoms with Gasteiger partial charge in [0.2, 0.25) is 0 Å². The van der Waals surface area contributed by atoms with Gasteiger partial charge in [-0.25, -0.2) is 0 Å². The van der Waals surface area contributed by atoms with Gasteiger partial charge in [0.05, 0.1) is 0 Å². The van der Waals surface area contributed by atoms with E-state index >= 15 is 0 Å². The van der Waals surface area contributed by atoms with Crippen LogP contribution in [0.3, 0.4) is 0 Å². The van der Waals surface area contributed by atoms with Gasteiger partial charge in [0.1, 0.15) is 0 Å². The van der Waals surface area contributed by atoms with Gasteiger partial charge in [0.15, 0.2) is 11.6 Å². The summed E-state index contributed by atoms with van der Waals surface area (Å²) in [5.74, 6) is -0.191.